The molecule has 0 aromatic rings. The molecular formula is C11H20O2. The lowest BCUT2D eigenvalue weighted by Gasteiger charge is -2.35. The Morgan fingerprint density at radius 1 is 1.15 bits per heavy atom. The molecule has 2 heteroatoms. The van der Waals surface area contributed by atoms with Gasteiger partial charge >= 0.3 is 5.97 Å². The molecule has 1 fully saturated rings. The van der Waals surface area contributed by atoms with E-state index in [9.17, 15) is 4.79 Å². The van der Waals surface area contributed by atoms with Crippen molar-refractivity contribution in [2.75, 3.05) is 0 Å². The number of unbranched alkanes of at least 4 members (excludes halogenated alkanes) is 2. The van der Waals surface area contributed by atoms with Gasteiger partial charge < -0.3 is 4.74 Å². The van der Waals surface area contributed by atoms with Crippen molar-refractivity contribution >= 4 is 5.97 Å². The number of cyclic esters (lactones) is 1. The lowest BCUT2D eigenvalue weighted by atomic mass is 9.88. The van der Waals surface area contributed by atoms with Gasteiger partial charge in [0.25, 0.3) is 0 Å². The van der Waals surface area contributed by atoms with E-state index in [1.54, 1.807) is 0 Å². The first-order valence-electron chi connectivity index (χ1n) is 5.50. The van der Waals surface area contributed by atoms with Crippen LogP contribution in [0.25, 0.3) is 0 Å². The van der Waals surface area contributed by atoms with Crippen LogP contribution in [-0.4, -0.2) is 12.1 Å². The maximum absolute atomic E-state index is 11.1. The standard InChI is InChI=1S/C11H20O2/c1-3-5-7-9-10(8-6-4-2)13-11(9)12/h9-10H,3-8H2,1-2H3. The lowest BCUT2D eigenvalue weighted by molar-refractivity contribution is -0.186. The third-order valence-electron chi connectivity index (χ3n) is 2.73. The molecule has 2 unspecified atom stereocenters. The Kier molecular flexibility index (Phi) is 4.26. The van der Waals surface area contributed by atoms with Gasteiger partial charge in [-0.2, -0.15) is 0 Å². The highest BCUT2D eigenvalue weighted by atomic mass is 16.6. The molecule has 0 amide bonds. The third-order valence-corrected chi connectivity index (χ3v) is 2.73. The summed E-state index contributed by atoms with van der Waals surface area (Å²) in [7, 11) is 0. The van der Waals surface area contributed by atoms with Gasteiger partial charge in [-0.25, -0.2) is 0 Å². The van der Waals surface area contributed by atoms with Gasteiger partial charge in [-0.05, 0) is 12.8 Å². The van der Waals surface area contributed by atoms with Crippen LogP contribution in [0.3, 0.4) is 0 Å². The van der Waals surface area contributed by atoms with E-state index in [0.29, 0.717) is 0 Å². The molecule has 1 heterocycles. The minimum Gasteiger partial charge on any atom is -0.461 e. The summed E-state index contributed by atoms with van der Waals surface area (Å²) in [5.74, 6) is 0.265. The topological polar surface area (TPSA) is 26.3 Å². The van der Waals surface area contributed by atoms with Crippen LogP contribution >= 0.6 is 0 Å². The van der Waals surface area contributed by atoms with Gasteiger partial charge in [0.05, 0.1) is 5.92 Å². The van der Waals surface area contributed by atoms with E-state index >= 15 is 0 Å². The number of carbonyl (C=O) groups is 1. The van der Waals surface area contributed by atoms with Crippen LogP contribution in [0.15, 0.2) is 0 Å². The molecule has 0 aromatic heterocycles. The van der Waals surface area contributed by atoms with E-state index in [-0.39, 0.29) is 18.0 Å². The Morgan fingerprint density at radius 3 is 2.31 bits per heavy atom. The number of hydrogen-bond donors (Lipinski definition) is 0. The maximum atomic E-state index is 11.1. The molecule has 0 aromatic carbocycles. The molecule has 0 spiro atoms. The van der Waals surface area contributed by atoms with Gasteiger partial charge in [-0.3, -0.25) is 4.79 Å². The Morgan fingerprint density at radius 2 is 1.77 bits per heavy atom. The first-order valence-corrected chi connectivity index (χ1v) is 5.50. The summed E-state index contributed by atoms with van der Waals surface area (Å²) in [5.41, 5.74) is 0. The van der Waals surface area contributed by atoms with Crippen molar-refractivity contribution in [3.8, 4) is 0 Å². The summed E-state index contributed by atoms with van der Waals surface area (Å²) in [6.07, 6.45) is 7.04. The quantitative estimate of drug-likeness (QED) is 0.593. The highest BCUT2D eigenvalue weighted by Crippen LogP contribution is 2.30. The van der Waals surface area contributed by atoms with Crippen molar-refractivity contribution in [3.05, 3.63) is 0 Å². The zero-order valence-corrected chi connectivity index (χ0v) is 8.71. The molecule has 1 saturated heterocycles. The minimum atomic E-state index is 0.0366. The Bertz CT molecular complexity index is 165. The normalized spacial score (nSPS) is 26.8. The Hall–Kier alpha value is -0.530. The first-order chi connectivity index (χ1) is 6.29. The van der Waals surface area contributed by atoms with Crippen molar-refractivity contribution in [3.63, 3.8) is 0 Å². The third kappa shape index (κ3) is 2.71. The lowest BCUT2D eigenvalue weighted by Crippen LogP contribution is -2.44. The van der Waals surface area contributed by atoms with E-state index < -0.39 is 0 Å². The average Bonchev–Trinajstić information content (AvgIpc) is 2.12. The van der Waals surface area contributed by atoms with Crippen molar-refractivity contribution in [1.29, 1.82) is 0 Å². The van der Waals surface area contributed by atoms with Crippen molar-refractivity contribution in [2.24, 2.45) is 5.92 Å². The van der Waals surface area contributed by atoms with Gasteiger partial charge in [0.15, 0.2) is 0 Å². The minimum absolute atomic E-state index is 0.0366. The highest BCUT2D eigenvalue weighted by Gasteiger charge is 2.40. The molecular weight excluding hydrogens is 164 g/mol. The van der Waals surface area contributed by atoms with Crippen LogP contribution in [0, 0.1) is 5.92 Å². The first kappa shape index (κ1) is 10.6. The van der Waals surface area contributed by atoms with Gasteiger partial charge in [0, 0.05) is 0 Å². The number of hydrogen-bond acceptors (Lipinski definition) is 2. The maximum Gasteiger partial charge on any atom is 0.313 e. The number of esters is 1. The van der Waals surface area contributed by atoms with Crippen LogP contribution in [0.2, 0.25) is 0 Å². The number of rotatable bonds is 6. The average molecular weight is 184 g/mol. The molecule has 2 atom stereocenters. The molecule has 2 nitrogen and oxygen atoms in total. The summed E-state index contributed by atoms with van der Waals surface area (Å²) in [6, 6.07) is 0. The molecule has 0 N–H and O–H groups in total. The summed E-state index contributed by atoms with van der Waals surface area (Å²) in [6.45, 7) is 4.33. The second-order valence-electron chi connectivity index (χ2n) is 3.87. The fourth-order valence-corrected chi connectivity index (χ4v) is 1.79. The fourth-order valence-electron chi connectivity index (χ4n) is 1.79. The van der Waals surface area contributed by atoms with Crippen LogP contribution in [0.5, 0.6) is 0 Å². The molecule has 76 valence electrons. The molecule has 0 bridgehead atoms. The van der Waals surface area contributed by atoms with E-state index in [1.165, 1.54) is 19.3 Å². The molecule has 1 rings (SSSR count). The van der Waals surface area contributed by atoms with Crippen molar-refractivity contribution in [1.82, 2.24) is 0 Å². The van der Waals surface area contributed by atoms with Gasteiger partial charge in [-0.1, -0.05) is 39.5 Å². The summed E-state index contributed by atoms with van der Waals surface area (Å²) in [4.78, 5) is 11.1. The molecule has 1 aliphatic heterocycles. The second-order valence-corrected chi connectivity index (χ2v) is 3.87. The summed E-state index contributed by atoms with van der Waals surface area (Å²) in [5, 5.41) is 0. The number of carbonyl (C=O) groups excluding carboxylic acids is 1. The van der Waals surface area contributed by atoms with Crippen LogP contribution in [0.4, 0.5) is 0 Å². The van der Waals surface area contributed by atoms with Crippen LogP contribution in [-0.2, 0) is 9.53 Å². The Labute approximate surface area is 80.7 Å². The monoisotopic (exact) mass is 184 g/mol. The van der Waals surface area contributed by atoms with E-state index in [1.807, 2.05) is 0 Å². The predicted octanol–water partition coefficient (Wildman–Crippen LogP) is 2.91. The summed E-state index contributed by atoms with van der Waals surface area (Å²) >= 11 is 0. The van der Waals surface area contributed by atoms with Crippen LogP contribution < -0.4 is 0 Å². The molecule has 0 saturated carbocycles. The fraction of sp³-hybridized carbons (Fsp3) is 0.909. The second kappa shape index (κ2) is 5.25. The van der Waals surface area contributed by atoms with Gasteiger partial charge in [0.1, 0.15) is 6.10 Å². The molecule has 1 aliphatic rings. The molecule has 0 radical (unpaired) electrons. The largest absolute Gasteiger partial charge is 0.461 e. The van der Waals surface area contributed by atoms with Gasteiger partial charge in [0.2, 0.25) is 0 Å². The zero-order valence-electron chi connectivity index (χ0n) is 8.71. The van der Waals surface area contributed by atoms with E-state index in [0.717, 1.165) is 19.3 Å². The van der Waals surface area contributed by atoms with Crippen molar-refractivity contribution in [2.45, 2.75) is 58.5 Å². The molecule has 0 aliphatic carbocycles. The SMILES string of the molecule is CCCCC1OC(=O)C1CCCC. The number of ether oxygens (including phenoxy) is 1. The smallest absolute Gasteiger partial charge is 0.313 e. The van der Waals surface area contributed by atoms with Crippen molar-refractivity contribution < 1.29 is 9.53 Å². The van der Waals surface area contributed by atoms with Gasteiger partial charge in [-0.15, -0.1) is 0 Å². The molecule has 13 heavy (non-hydrogen) atoms. The zero-order chi connectivity index (χ0) is 9.68. The summed E-state index contributed by atoms with van der Waals surface area (Å²) < 4.78 is 5.11. The van der Waals surface area contributed by atoms with E-state index in [4.69, 9.17) is 4.74 Å². The van der Waals surface area contributed by atoms with E-state index in [2.05, 4.69) is 13.8 Å². The Balaban J connectivity index is 2.20. The van der Waals surface area contributed by atoms with Crippen LogP contribution in [0.1, 0.15) is 52.4 Å². The highest BCUT2D eigenvalue weighted by molar-refractivity contribution is 5.78. The predicted molar refractivity (Wildman–Crippen MR) is 52.4 cm³/mol.